The Bertz CT molecular complexity index is 572. The summed E-state index contributed by atoms with van der Waals surface area (Å²) >= 11 is 6.12. The van der Waals surface area contributed by atoms with Crippen LogP contribution >= 0.6 is 11.6 Å². The minimum Gasteiger partial charge on any atom is -0.345 e. The average Bonchev–Trinajstić information content (AvgIpc) is 2.68. The molecule has 1 fully saturated rings. The fourth-order valence-electron chi connectivity index (χ4n) is 2.31. The summed E-state index contributed by atoms with van der Waals surface area (Å²) in [5, 5.41) is 1.35. The molecule has 0 aromatic carbocycles. The van der Waals surface area contributed by atoms with Crippen LogP contribution in [0, 0.1) is 5.92 Å². The van der Waals surface area contributed by atoms with Crippen LogP contribution in [0.2, 0.25) is 5.02 Å². The van der Waals surface area contributed by atoms with Crippen LogP contribution in [0.25, 0.3) is 11.0 Å². The SMILES string of the molecule is O=C(CC1CCC1)c1c[nH]c2nccc(Cl)c12. The molecule has 1 N–H and O–H groups in total. The van der Waals surface area contributed by atoms with Crippen molar-refractivity contribution < 1.29 is 4.79 Å². The maximum absolute atomic E-state index is 12.2. The predicted octanol–water partition coefficient (Wildman–Crippen LogP) is 3.59. The van der Waals surface area contributed by atoms with Gasteiger partial charge in [0, 0.05) is 29.8 Å². The second kappa shape index (κ2) is 4.15. The van der Waals surface area contributed by atoms with Gasteiger partial charge in [0.15, 0.2) is 5.78 Å². The zero-order valence-electron chi connectivity index (χ0n) is 9.37. The summed E-state index contributed by atoms with van der Waals surface area (Å²) in [6, 6.07) is 1.72. The Morgan fingerprint density at radius 3 is 3.06 bits per heavy atom. The van der Waals surface area contributed by atoms with Gasteiger partial charge in [0.2, 0.25) is 0 Å². The van der Waals surface area contributed by atoms with Gasteiger partial charge in [-0.1, -0.05) is 30.9 Å². The first-order valence-electron chi connectivity index (χ1n) is 5.90. The first-order chi connectivity index (χ1) is 8.25. The molecule has 0 amide bonds. The number of nitrogens with zero attached hydrogens (tertiary/aromatic N) is 1. The minimum absolute atomic E-state index is 0.177. The molecular formula is C13H13ClN2O. The first-order valence-corrected chi connectivity index (χ1v) is 6.28. The second-order valence-electron chi connectivity index (χ2n) is 4.64. The zero-order chi connectivity index (χ0) is 11.8. The smallest absolute Gasteiger partial charge is 0.165 e. The van der Waals surface area contributed by atoms with E-state index in [0.717, 1.165) is 5.39 Å². The number of Topliss-reactive ketones (excluding diaryl/α,β-unsaturated/α-hetero) is 1. The number of pyridine rings is 1. The number of halogens is 1. The Morgan fingerprint density at radius 2 is 2.35 bits per heavy atom. The third-order valence-electron chi connectivity index (χ3n) is 3.52. The summed E-state index contributed by atoms with van der Waals surface area (Å²) in [5.74, 6) is 0.749. The lowest BCUT2D eigenvalue weighted by Gasteiger charge is -2.24. The van der Waals surface area contributed by atoms with Crippen LogP contribution in [-0.2, 0) is 0 Å². The van der Waals surface area contributed by atoms with Gasteiger partial charge in [0.25, 0.3) is 0 Å². The molecule has 17 heavy (non-hydrogen) atoms. The van der Waals surface area contributed by atoms with E-state index in [0.29, 0.717) is 28.6 Å². The van der Waals surface area contributed by atoms with Crippen molar-refractivity contribution in [1.82, 2.24) is 9.97 Å². The molecule has 2 aromatic rings. The topological polar surface area (TPSA) is 45.8 Å². The molecule has 2 heterocycles. The zero-order valence-corrected chi connectivity index (χ0v) is 10.1. The molecule has 88 valence electrons. The highest BCUT2D eigenvalue weighted by atomic mass is 35.5. The Kier molecular flexibility index (Phi) is 2.63. The fourth-order valence-corrected chi connectivity index (χ4v) is 2.55. The standard InChI is InChI=1S/C13H13ClN2O/c14-10-4-5-15-13-12(10)9(7-16-13)11(17)6-8-2-1-3-8/h4-5,7-8H,1-3,6H2,(H,15,16). The van der Waals surface area contributed by atoms with Crippen LogP contribution in [0.15, 0.2) is 18.5 Å². The van der Waals surface area contributed by atoms with Crippen molar-refractivity contribution in [2.75, 3.05) is 0 Å². The predicted molar refractivity (Wildman–Crippen MR) is 67.4 cm³/mol. The molecule has 0 unspecified atom stereocenters. The number of hydrogen-bond acceptors (Lipinski definition) is 2. The lowest BCUT2D eigenvalue weighted by atomic mass is 9.81. The van der Waals surface area contributed by atoms with Crippen molar-refractivity contribution in [2.24, 2.45) is 5.92 Å². The van der Waals surface area contributed by atoms with E-state index >= 15 is 0 Å². The molecule has 0 aliphatic heterocycles. The van der Waals surface area contributed by atoms with Crippen LogP contribution in [0.5, 0.6) is 0 Å². The van der Waals surface area contributed by atoms with Crippen molar-refractivity contribution in [3.05, 3.63) is 29.0 Å². The van der Waals surface area contributed by atoms with E-state index in [-0.39, 0.29) is 5.78 Å². The summed E-state index contributed by atoms with van der Waals surface area (Å²) in [4.78, 5) is 19.3. The van der Waals surface area contributed by atoms with Crippen molar-refractivity contribution >= 4 is 28.4 Å². The highest BCUT2D eigenvalue weighted by Crippen LogP contribution is 2.32. The Morgan fingerprint density at radius 1 is 1.53 bits per heavy atom. The Balaban J connectivity index is 1.96. The van der Waals surface area contributed by atoms with Gasteiger partial charge in [0.1, 0.15) is 5.65 Å². The first kappa shape index (κ1) is 10.8. The third-order valence-corrected chi connectivity index (χ3v) is 3.84. The number of ketones is 1. The van der Waals surface area contributed by atoms with Crippen molar-refractivity contribution in [3.8, 4) is 0 Å². The molecule has 1 aliphatic carbocycles. The number of aromatic nitrogens is 2. The lowest BCUT2D eigenvalue weighted by Crippen LogP contribution is -2.15. The van der Waals surface area contributed by atoms with Gasteiger partial charge in [-0.25, -0.2) is 4.98 Å². The maximum Gasteiger partial charge on any atom is 0.165 e. The van der Waals surface area contributed by atoms with Gasteiger partial charge < -0.3 is 4.98 Å². The molecule has 0 saturated heterocycles. The summed E-state index contributed by atoms with van der Waals surface area (Å²) in [5.41, 5.74) is 1.37. The number of hydrogen-bond donors (Lipinski definition) is 1. The van der Waals surface area contributed by atoms with Gasteiger partial charge >= 0.3 is 0 Å². The normalized spacial score (nSPS) is 16.1. The van der Waals surface area contributed by atoms with Crippen molar-refractivity contribution in [3.63, 3.8) is 0 Å². The highest BCUT2D eigenvalue weighted by molar-refractivity contribution is 6.36. The molecule has 2 aromatic heterocycles. The third kappa shape index (κ3) is 1.84. The Labute approximate surface area is 104 Å². The molecule has 1 saturated carbocycles. The number of carbonyl (C=O) groups excluding carboxylic acids is 1. The summed E-state index contributed by atoms with van der Waals surface area (Å²) in [6.45, 7) is 0. The van der Waals surface area contributed by atoms with Crippen LogP contribution in [0.1, 0.15) is 36.0 Å². The van der Waals surface area contributed by atoms with Crippen LogP contribution in [0.3, 0.4) is 0 Å². The summed E-state index contributed by atoms with van der Waals surface area (Å²) in [6.07, 6.45) is 7.62. The molecule has 0 bridgehead atoms. The van der Waals surface area contributed by atoms with E-state index in [1.165, 1.54) is 19.3 Å². The van der Waals surface area contributed by atoms with Gasteiger partial charge in [-0.3, -0.25) is 4.79 Å². The lowest BCUT2D eigenvalue weighted by molar-refractivity contribution is 0.0938. The number of fused-ring (bicyclic) bond motifs is 1. The highest BCUT2D eigenvalue weighted by Gasteiger charge is 2.23. The minimum atomic E-state index is 0.177. The number of H-pyrrole nitrogens is 1. The van der Waals surface area contributed by atoms with Crippen LogP contribution < -0.4 is 0 Å². The van der Waals surface area contributed by atoms with E-state index in [2.05, 4.69) is 9.97 Å². The molecule has 1 aliphatic rings. The molecule has 3 rings (SSSR count). The average molecular weight is 249 g/mol. The number of nitrogens with one attached hydrogen (secondary N) is 1. The fraction of sp³-hybridized carbons (Fsp3) is 0.385. The second-order valence-corrected chi connectivity index (χ2v) is 5.05. The molecule has 0 radical (unpaired) electrons. The van der Waals surface area contributed by atoms with E-state index in [1.54, 1.807) is 18.5 Å². The Hall–Kier alpha value is -1.35. The van der Waals surface area contributed by atoms with Crippen molar-refractivity contribution in [1.29, 1.82) is 0 Å². The molecule has 0 atom stereocenters. The monoisotopic (exact) mass is 248 g/mol. The van der Waals surface area contributed by atoms with Crippen LogP contribution in [-0.4, -0.2) is 15.8 Å². The molecular weight excluding hydrogens is 236 g/mol. The van der Waals surface area contributed by atoms with E-state index in [9.17, 15) is 4.79 Å². The van der Waals surface area contributed by atoms with E-state index < -0.39 is 0 Å². The van der Waals surface area contributed by atoms with Crippen LogP contribution in [0.4, 0.5) is 0 Å². The maximum atomic E-state index is 12.2. The number of aromatic amines is 1. The summed E-state index contributed by atoms with van der Waals surface area (Å²) in [7, 11) is 0. The molecule has 3 nitrogen and oxygen atoms in total. The molecule has 0 spiro atoms. The largest absolute Gasteiger partial charge is 0.345 e. The van der Waals surface area contributed by atoms with E-state index in [4.69, 9.17) is 11.6 Å². The summed E-state index contributed by atoms with van der Waals surface area (Å²) < 4.78 is 0. The quantitative estimate of drug-likeness (QED) is 0.844. The molecule has 4 heteroatoms. The van der Waals surface area contributed by atoms with Gasteiger partial charge in [-0.2, -0.15) is 0 Å². The van der Waals surface area contributed by atoms with Crippen molar-refractivity contribution in [2.45, 2.75) is 25.7 Å². The van der Waals surface area contributed by atoms with Gasteiger partial charge in [0.05, 0.1) is 5.02 Å². The number of carbonyl (C=O) groups is 1. The number of rotatable bonds is 3. The van der Waals surface area contributed by atoms with E-state index in [1.807, 2.05) is 0 Å². The van der Waals surface area contributed by atoms with Gasteiger partial charge in [-0.15, -0.1) is 0 Å². The van der Waals surface area contributed by atoms with Gasteiger partial charge in [-0.05, 0) is 12.0 Å².